The molecular weight excluding hydrogens is 393 g/mol. The first-order valence-corrected chi connectivity index (χ1v) is 8.51. The molecule has 22 heavy (non-hydrogen) atoms. The van der Waals surface area contributed by atoms with Crippen molar-refractivity contribution < 1.29 is 9.47 Å². The van der Waals surface area contributed by atoms with Gasteiger partial charge in [0.2, 0.25) is 0 Å². The molecule has 0 amide bonds. The minimum Gasteiger partial charge on any atom is -0.379 e. The molecule has 0 aromatic carbocycles. The predicted octanol–water partition coefficient (Wildman–Crippen LogP) is 2.79. The Labute approximate surface area is 153 Å². The normalized spacial score (nSPS) is 18.4. The van der Waals surface area contributed by atoms with E-state index in [1.807, 2.05) is 0 Å². The number of nitrogens with zero attached hydrogens (tertiary/aromatic N) is 1. The molecule has 132 valence electrons. The molecule has 0 saturated carbocycles. The van der Waals surface area contributed by atoms with Crippen molar-refractivity contribution in [1.29, 1.82) is 0 Å². The van der Waals surface area contributed by atoms with Gasteiger partial charge in [0.15, 0.2) is 5.96 Å². The van der Waals surface area contributed by atoms with Gasteiger partial charge in [-0.05, 0) is 25.7 Å². The maximum Gasteiger partial charge on any atom is 0.191 e. The Bertz CT molecular complexity index is 281. The molecule has 6 heteroatoms. The molecule has 0 aromatic heterocycles. The van der Waals surface area contributed by atoms with Gasteiger partial charge in [0.25, 0.3) is 0 Å². The molecule has 2 N–H and O–H groups in total. The third-order valence-corrected chi connectivity index (χ3v) is 3.86. The number of halogens is 1. The van der Waals surface area contributed by atoms with Crippen molar-refractivity contribution in [2.75, 3.05) is 39.5 Å². The van der Waals surface area contributed by atoms with E-state index in [2.05, 4.69) is 36.4 Å². The molecule has 1 aliphatic heterocycles. The van der Waals surface area contributed by atoms with E-state index in [1.165, 1.54) is 12.8 Å². The van der Waals surface area contributed by atoms with Crippen molar-refractivity contribution in [3.8, 4) is 0 Å². The van der Waals surface area contributed by atoms with Gasteiger partial charge in [-0.2, -0.15) is 0 Å². The Kier molecular flexibility index (Phi) is 14.5. The van der Waals surface area contributed by atoms with Crippen molar-refractivity contribution >= 4 is 29.9 Å². The van der Waals surface area contributed by atoms with Gasteiger partial charge in [-0.25, -0.2) is 0 Å². The van der Waals surface area contributed by atoms with Crippen LogP contribution in [0, 0.1) is 5.92 Å². The van der Waals surface area contributed by atoms with Crippen LogP contribution in [-0.2, 0) is 9.47 Å². The summed E-state index contributed by atoms with van der Waals surface area (Å²) in [6, 6.07) is 0. The Morgan fingerprint density at radius 1 is 1.27 bits per heavy atom. The van der Waals surface area contributed by atoms with Crippen LogP contribution in [0.5, 0.6) is 0 Å². The minimum atomic E-state index is 0. The summed E-state index contributed by atoms with van der Waals surface area (Å²) in [6.07, 6.45) is 4.72. The molecule has 0 radical (unpaired) electrons. The quantitative estimate of drug-likeness (QED) is 0.244. The van der Waals surface area contributed by atoms with Gasteiger partial charge in [0.1, 0.15) is 0 Å². The smallest absolute Gasteiger partial charge is 0.191 e. The molecule has 1 atom stereocenters. The summed E-state index contributed by atoms with van der Waals surface area (Å²) in [5.41, 5.74) is 0. The zero-order valence-corrected chi connectivity index (χ0v) is 16.7. The number of hydrogen-bond acceptors (Lipinski definition) is 3. The zero-order valence-electron chi connectivity index (χ0n) is 14.4. The highest BCUT2D eigenvalue weighted by atomic mass is 127. The molecule has 1 aliphatic rings. The van der Waals surface area contributed by atoms with Crippen LogP contribution in [0.15, 0.2) is 4.99 Å². The van der Waals surface area contributed by atoms with E-state index in [4.69, 9.17) is 9.47 Å². The van der Waals surface area contributed by atoms with Crippen LogP contribution in [-0.4, -0.2) is 51.5 Å². The Hall–Kier alpha value is -0.0800. The van der Waals surface area contributed by atoms with E-state index in [0.29, 0.717) is 12.0 Å². The summed E-state index contributed by atoms with van der Waals surface area (Å²) in [4.78, 5) is 4.66. The van der Waals surface area contributed by atoms with Crippen LogP contribution < -0.4 is 10.6 Å². The molecule has 1 unspecified atom stereocenters. The van der Waals surface area contributed by atoms with E-state index in [0.717, 1.165) is 58.3 Å². The summed E-state index contributed by atoms with van der Waals surface area (Å²) < 4.78 is 11.0. The summed E-state index contributed by atoms with van der Waals surface area (Å²) in [6.45, 7) is 11.6. The number of nitrogens with one attached hydrogen (secondary N) is 2. The predicted molar refractivity (Wildman–Crippen MR) is 103 cm³/mol. The van der Waals surface area contributed by atoms with E-state index in [9.17, 15) is 0 Å². The van der Waals surface area contributed by atoms with Crippen LogP contribution in [0.4, 0.5) is 0 Å². The van der Waals surface area contributed by atoms with Crippen LogP contribution in [0.3, 0.4) is 0 Å². The Morgan fingerprint density at radius 2 is 2.05 bits per heavy atom. The van der Waals surface area contributed by atoms with E-state index in [-0.39, 0.29) is 24.0 Å². The molecule has 5 nitrogen and oxygen atoms in total. The highest BCUT2D eigenvalue weighted by Gasteiger charge is 2.15. The monoisotopic (exact) mass is 427 g/mol. The van der Waals surface area contributed by atoms with E-state index in [1.54, 1.807) is 0 Å². The largest absolute Gasteiger partial charge is 0.379 e. The van der Waals surface area contributed by atoms with E-state index >= 15 is 0 Å². The standard InChI is InChI=1S/C16H33N3O2.HI/c1-4-14(5-2)12-19-16(17-6-3)18-9-7-10-21-15-8-11-20-13-15;/h14-15H,4-13H2,1-3H3,(H2,17,18,19);1H. The van der Waals surface area contributed by atoms with Crippen molar-refractivity contribution in [3.63, 3.8) is 0 Å². The fourth-order valence-corrected chi connectivity index (χ4v) is 2.28. The second kappa shape index (κ2) is 14.5. The maximum absolute atomic E-state index is 5.75. The van der Waals surface area contributed by atoms with Gasteiger partial charge < -0.3 is 20.1 Å². The van der Waals surface area contributed by atoms with Crippen molar-refractivity contribution in [2.45, 2.75) is 52.6 Å². The minimum absolute atomic E-state index is 0. The highest BCUT2D eigenvalue weighted by molar-refractivity contribution is 14.0. The molecule has 1 heterocycles. The second-order valence-corrected chi connectivity index (χ2v) is 5.54. The number of hydrogen-bond donors (Lipinski definition) is 2. The number of aliphatic imine (C=N–C) groups is 1. The van der Waals surface area contributed by atoms with Crippen LogP contribution in [0.1, 0.15) is 46.5 Å². The Morgan fingerprint density at radius 3 is 2.64 bits per heavy atom. The van der Waals surface area contributed by atoms with Crippen LogP contribution in [0.2, 0.25) is 0 Å². The first-order chi connectivity index (χ1) is 10.3. The lowest BCUT2D eigenvalue weighted by atomic mass is 10.0. The molecule has 0 aliphatic carbocycles. The molecule has 0 bridgehead atoms. The van der Waals surface area contributed by atoms with Crippen LogP contribution in [0.25, 0.3) is 0 Å². The van der Waals surface area contributed by atoms with Gasteiger partial charge in [-0.1, -0.05) is 26.7 Å². The van der Waals surface area contributed by atoms with Crippen LogP contribution >= 0.6 is 24.0 Å². The molecule has 0 aromatic rings. The average Bonchev–Trinajstić information content (AvgIpc) is 3.01. The summed E-state index contributed by atoms with van der Waals surface area (Å²) >= 11 is 0. The molecule has 1 fully saturated rings. The van der Waals surface area contributed by atoms with Gasteiger partial charge in [-0.15, -0.1) is 24.0 Å². The van der Waals surface area contributed by atoms with E-state index < -0.39 is 0 Å². The lowest BCUT2D eigenvalue weighted by Gasteiger charge is -2.14. The number of ether oxygens (including phenoxy) is 2. The summed E-state index contributed by atoms with van der Waals surface area (Å²) in [5.74, 6) is 1.61. The topological polar surface area (TPSA) is 54.9 Å². The first kappa shape index (κ1) is 21.9. The average molecular weight is 427 g/mol. The lowest BCUT2D eigenvalue weighted by Crippen LogP contribution is -2.38. The van der Waals surface area contributed by atoms with Gasteiger partial charge in [0, 0.05) is 32.8 Å². The molecular formula is C16H34IN3O2. The second-order valence-electron chi connectivity index (χ2n) is 5.54. The fourth-order valence-electron chi connectivity index (χ4n) is 2.28. The van der Waals surface area contributed by atoms with Gasteiger partial charge >= 0.3 is 0 Å². The van der Waals surface area contributed by atoms with Gasteiger partial charge in [-0.3, -0.25) is 4.99 Å². The third kappa shape index (κ3) is 9.84. The zero-order chi connectivity index (χ0) is 15.3. The highest BCUT2D eigenvalue weighted by Crippen LogP contribution is 2.08. The first-order valence-electron chi connectivity index (χ1n) is 8.51. The fraction of sp³-hybridized carbons (Fsp3) is 0.938. The number of guanidine groups is 1. The maximum atomic E-state index is 5.75. The Balaban J connectivity index is 0.00000441. The summed E-state index contributed by atoms with van der Waals surface area (Å²) in [7, 11) is 0. The molecule has 0 spiro atoms. The summed E-state index contributed by atoms with van der Waals surface area (Å²) in [5, 5.41) is 6.67. The van der Waals surface area contributed by atoms with Crippen molar-refractivity contribution in [2.24, 2.45) is 10.9 Å². The van der Waals surface area contributed by atoms with Crippen molar-refractivity contribution in [3.05, 3.63) is 0 Å². The molecule has 1 rings (SSSR count). The van der Waals surface area contributed by atoms with Crippen molar-refractivity contribution in [1.82, 2.24) is 10.6 Å². The number of rotatable bonds is 10. The van der Waals surface area contributed by atoms with Gasteiger partial charge in [0.05, 0.1) is 12.7 Å². The lowest BCUT2D eigenvalue weighted by molar-refractivity contribution is 0.0420. The third-order valence-electron chi connectivity index (χ3n) is 3.86. The molecule has 1 saturated heterocycles. The SMILES string of the molecule is CCNC(=NCC(CC)CC)NCCCOC1CCOC1.I.